The van der Waals surface area contributed by atoms with E-state index in [9.17, 15) is 27.3 Å². The summed E-state index contributed by atoms with van der Waals surface area (Å²) in [6.45, 7) is 5.75. The largest absolute Gasteiger partial charge is 0.352 e. The minimum atomic E-state index is -4.08. The molecule has 0 unspecified atom stereocenters. The molecule has 0 spiro atoms. The van der Waals surface area contributed by atoms with Crippen molar-refractivity contribution in [3.05, 3.63) is 29.5 Å². The van der Waals surface area contributed by atoms with E-state index >= 15 is 0 Å². The molecule has 6 rings (SSSR count). The zero-order valence-corrected chi connectivity index (χ0v) is 23.7. The number of amides is 1. The number of rotatable bonds is 7. The third-order valence-electron chi connectivity index (χ3n) is 7.30. The number of nitriles is 1. The molecule has 1 aliphatic heterocycles. The van der Waals surface area contributed by atoms with Crippen LogP contribution in [-0.4, -0.2) is 75.7 Å². The van der Waals surface area contributed by atoms with Crippen molar-refractivity contribution in [2.24, 2.45) is 5.92 Å². The summed E-state index contributed by atoms with van der Waals surface area (Å²) in [6, 6.07) is 6.49. The number of nitrogens with zero attached hydrogens (tertiary/aromatic N) is 8. The highest BCUT2D eigenvalue weighted by Crippen LogP contribution is 2.40. The number of hydrogen-bond donors (Lipinski definition) is 1. The van der Waals surface area contributed by atoms with Crippen LogP contribution >= 0.6 is 11.3 Å². The Kier molecular flexibility index (Phi) is 6.63. The van der Waals surface area contributed by atoms with E-state index in [0.717, 1.165) is 0 Å². The molecule has 2 aliphatic rings. The lowest BCUT2D eigenvalue weighted by Gasteiger charge is -2.36. The second-order valence-corrected chi connectivity index (χ2v) is 13.1. The van der Waals surface area contributed by atoms with Crippen LogP contribution in [0.3, 0.4) is 0 Å². The first kappa shape index (κ1) is 27.4. The fourth-order valence-corrected chi connectivity index (χ4v) is 7.10. The molecule has 1 amide bonds. The maximum Gasteiger partial charge on any atom is 0.291 e. The van der Waals surface area contributed by atoms with E-state index in [1.807, 2.05) is 29.7 Å². The summed E-state index contributed by atoms with van der Waals surface area (Å²) in [5.74, 6) is 0.536. The van der Waals surface area contributed by atoms with Gasteiger partial charge >= 0.3 is 0 Å². The van der Waals surface area contributed by atoms with Crippen LogP contribution in [0, 0.1) is 17.2 Å². The first-order valence-electron chi connectivity index (χ1n) is 12.9. The average Bonchev–Trinajstić information content (AvgIpc) is 3.39. The van der Waals surface area contributed by atoms with Gasteiger partial charge in [0, 0.05) is 37.5 Å². The third-order valence-corrected chi connectivity index (χ3v) is 9.75. The number of hydrogen-bond acceptors (Lipinski definition) is 10. The summed E-state index contributed by atoms with van der Waals surface area (Å²) in [7, 11) is -4.08. The van der Waals surface area contributed by atoms with Gasteiger partial charge in [-0.2, -0.15) is 9.98 Å². The number of anilines is 1. The van der Waals surface area contributed by atoms with E-state index in [1.54, 1.807) is 6.07 Å². The second kappa shape index (κ2) is 9.93. The molecule has 0 bridgehead atoms. The maximum atomic E-state index is 13.4. The van der Waals surface area contributed by atoms with Crippen LogP contribution in [-0.2, 0) is 14.8 Å². The monoisotopic (exact) mass is 601 g/mol. The maximum absolute atomic E-state index is 13.4. The predicted molar refractivity (Wildman–Crippen MR) is 146 cm³/mol. The number of alkyl halides is 2. The summed E-state index contributed by atoms with van der Waals surface area (Å²) >= 11 is 0.677. The van der Waals surface area contributed by atoms with Crippen LogP contribution in [0.1, 0.15) is 38.1 Å². The molecule has 1 N–H and O–H groups in total. The lowest BCUT2D eigenvalue weighted by molar-refractivity contribution is -0.134. The Hall–Kier alpha value is -3.81. The molecular formula is C25H25F2N9O3S2. The standard InChI is InChI=1S/C25H25F2N9O3S2/c1-14(2)23(37)35-9-7-34(8-10-35)20-18-16-4-3-15(41(38,39)33-25(12-28)5-6-25)11-17(16)36(21(18)30-13-29-20)24-32-31-22(40-24)19(26)27/h3-4,11,13-14,19,33H,5-10H2,1-2H3. The van der Waals surface area contributed by atoms with Crippen LogP contribution in [0.25, 0.3) is 27.1 Å². The molecule has 0 radical (unpaired) electrons. The molecule has 1 saturated carbocycles. The first-order valence-corrected chi connectivity index (χ1v) is 15.2. The van der Waals surface area contributed by atoms with E-state index in [4.69, 9.17) is 0 Å². The summed E-state index contributed by atoms with van der Waals surface area (Å²) < 4.78 is 57.3. The number of benzene rings is 1. The van der Waals surface area contributed by atoms with Crippen LogP contribution < -0.4 is 9.62 Å². The molecule has 41 heavy (non-hydrogen) atoms. The average molecular weight is 602 g/mol. The number of carbonyl (C=O) groups is 1. The highest BCUT2D eigenvalue weighted by molar-refractivity contribution is 7.89. The van der Waals surface area contributed by atoms with E-state index in [0.29, 0.717) is 78.1 Å². The number of halogens is 2. The molecule has 214 valence electrons. The number of nitrogens with one attached hydrogen (secondary N) is 1. The number of sulfonamides is 1. The van der Waals surface area contributed by atoms with Gasteiger partial charge in [-0.25, -0.2) is 27.2 Å². The highest BCUT2D eigenvalue weighted by atomic mass is 32.2. The predicted octanol–water partition coefficient (Wildman–Crippen LogP) is 3.00. The van der Waals surface area contributed by atoms with Crippen molar-refractivity contribution < 1.29 is 22.0 Å². The number of piperazine rings is 1. The fourth-order valence-electron chi connectivity index (χ4n) is 4.99. The van der Waals surface area contributed by atoms with Crippen molar-refractivity contribution in [1.82, 2.24) is 34.4 Å². The normalized spacial score (nSPS) is 17.1. The van der Waals surface area contributed by atoms with E-state index in [-0.39, 0.29) is 21.9 Å². The number of carbonyl (C=O) groups excluding carboxylic acids is 1. The van der Waals surface area contributed by atoms with Gasteiger partial charge in [0.05, 0.1) is 21.9 Å². The molecular weight excluding hydrogens is 576 g/mol. The Balaban J connectivity index is 1.49. The van der Waals surface area contributed by atoms with E-state index in [2.05, 4.69) is 24.9 Å². The van der Waals surface area contributed by atoms with Gasteiger partial charge in [0.25, 0.3) is 6.43 Å². The van der Waals surface area contributed by atoms with Crippen LogP contribution in [0.4, 0.5) is 14.6 Å². The molecule has 12 nitrogen and oxygen atoms in total. The smallest absolute Gasteiger partial charge is 0.291 e. The number of fused-ring (bicyclic) bond motifs is 3. The Bertz CT molecular complexity index is 1820. The molecule has 4 heterocycles. The van der Waals surface area contributed by atoms with E-state index in [1.165, 1.54) is 23.0 Å². The lowest BCUT2D eigenvalue weighted by Crippen LogP contribution is -2.50. The molecule has 1 saturated heterocycles. The SMILES string of the molecule is CC(C)C(=O)N1CCN(c2ncnc3c2c2ccc(S(=O)(=O)NC4(C#N)CC4)cc2n3-c2nnc(C(F)F)s2)CC1. The van der Waals surface area contributed by atoms with Gasteiger partial charge in [-0.15, -0.1) is 10.2 Å². The topological polar surface area (TPSA) is 150 Å². The van der Waals surface area contributed by atoms with Gasteiger partial charge < -0.3 is 9.80 Å². The van der Waals surface area contributed by atoms with Crippen molar-refractivity contribution in [3.8, 4) is 11.2 Å². The molecule has 16 heteroatoms. The zero-order valence-electron chi connectivity index (χ0n) is 22.1. The van der Waals surface area contributed by atoms with E-state index < -0.39 is 27.0 Å². The van der Waals surface area contributed by atoms with Gasteiger partial charge in [0.1, 0.15) is 17.7 Å². The Morgan fingerprint density at radius 1 is 1.15 bits per heavy atom. The minimum absolute atomic E-state index is 0.0758. The summed E-state index contributed by atoms with van der Waals surface area (Å²) in [5, 5.41) is 17.8. The molecule has 3 aromatic heterocycles. The minimum Gasteiger partial charge on any atom is -0.352 e. The molecule has 1 aromatic carbocycles. The first-order chi connectivity index (χ1) is 19.5. The molecule has 1 aliphatic carbocycles. The van der Waals surface area contributed by atoms with Crippen molar-refractivity contribution in [3.63, 3.8) is 0 Å². The van der Waals surface area contributed by atoms with Gasteiger partial charge in [0.15, 0.2) is 10.7 Å². The van der Waals surface area contributed by atoms with Crippen molar-refractivity contribution in [2.45, 2.75) is 43.5 Å². The summed E-state index contributed by atoms with van der Waals surface area (Å²) in [6.07, 6.45) is -0.635. The third kappa shape index (κ3) is 4.77. The summed E-state index contributed by atoms with van der Waals surface area (Å²) in [4.78, 5) is 25.2. The Labute approximate surface area is 237 Å². The van der Waals surface area contributed by atoms with Crippen LogP contribution in [0.5, 0.6) is 0 Å². The van der Waals surface area contributed by atoms with Crippen molar-refractivity contribution in [2.75, 3.05) is 31.1 Å². The fraction of sp³-hybridized carbons (Fsp3) is 0.440. The second-order valence-electron chi connectivity index (χ2n) is 10.4. The summed E-state index contributed by atoms with van der Waals surface area (Å²) in [5.41, 5.74) is -0.415. The van der Waals surface area contributed by atoms with Gasteiger partial charge in [-0.1, -0.05) is 31.3 Å². The van der Waals surface area contributed by atoms with Crippen LogP contribution in [0.2, 0.25) is 0 Å². The van der Waals surface area contributed by atoms with Crippen molar-refractivity contribution in [1.29, 1.82) is 5.26 Å². The van der Waals surface area contributed by atoms with Gasteiger partial charge in [-0.3, -0.25) is 9.36 Å². The molecule has 0 atom stereocenters. The molecule has 4 aromatic rings. The van der Waals surface area contributed by atoms with Crippen LogP contribution in [0.15, 0.2) is 29.4 Å². The quantitative estimate of drug-likeness (QED) is 0.337. The molecule has 2 fully saturated rings. The lowest BCUT2D eigenvalue weighted by atomic mass is 10.1. The zero-order chi connectivity index (χ0) is 29.1. The highest BCUT2D eigenvalue weighted by Gasteiger charge is 2.47. The Morgan fingerprint density at radius 3 is 2.49 bits per heavy atom. The van der Waals surface area contributed by atoms with Gasteiger partial charge in [-0.05, 0) is 25.0 Å². The van der Waals surface area contributed by atoms with Gasteiger partial charge in [0.2, 0.25) is 21.1 Å². The number of aromatic nitrogens is 5. The van der Waals surface area contributed by atoms with Crippen molar-refractivity contribution >= 4 is 55.0 Å². The Morgan fingerprint density at radius 2 is 1.88 bits per heavy atom.